The van der Waals surface area contributed by atoms with E-state index in [1.165, 1.54) is 0 Å². The van der Waals surface area contributed by atoms with Crippen LogP contribution in [0.5, 0.6) is 5.75 Å². The molecule has 23 heavy (non-hydrogen) atoms. The lowest BCUT2D eigenvalue weighted by Crippen LogP contribution is -2.33. The molecule has 2 aromatic rings. The highest BCUT2D eigenvalue weighted by atomic mass is 16.5. The van der Waals surface area contributed by atoms with Crippen LogP contribution >= 0.6 is 0 Å². The third kappa shape index (κ3) is 3.35. The summed E-state index contributed by atoms with van der Waals surface area (Å²) in [6.45, 7) is 2.56. The van der Waals surface area contributed by atoms with Gasteiger partial charge in [-0.1, -0.05) is 12.1 Å². The smallest absolute Gasteiger partial charge is 0.335 e. The van der Waals surface area contributed by atoms with Crippen molar-refractivity contribution in [3.63, 3.8) is 0 Å². The van der Waals surface area contributed by atoms with E-state index in [1.54, 1.807) is 30.5 Å². The fourth-order valence-electron chi connectivity index (χ4n) is 2.52. The van der Waals surface area contributed by atoms with Gasteiger partial charge in [-0.3, -0.25) is 4.98 Å². The Morgan fingerprint density at radius 3 is 2.61 bits per heavy atom. The van der Waals surface area contributed by atoms with Crippen molar-refractivity contribution in [2.45, 2.75) is 25.3 Å². The minimum Gasteiger partial charge on any atom is -0.490 e. The molecule has 0 unspecified atom stereocenters. The fraction of sp³-hybridized carbons (Fsp3) is 0.333. The largest absolute Gasteiger partial charge is 0.490 e. The van der Waals surface area contributed by atoms with Crippen LogP contribution in [0.25, 0.3) is 11.1 Å². The predicted octanol–water partition coefficient (Wildman–Crippen LogP) is 2.89. The Morgan fingerprint density at radius 1 is 1.35 bits per heavy atom. The minimum absolute atomic E-state index is 0.119. The summed E-state index contributed by atoms with van der Waals surface area (Å²) in [5.41, 5.74) is 3.16. The summed E-state index contributed by atoms with van der Waals surface area (Å²) in [5.74, 6) is -0.195. The van der Waals surface area contributed by atoms with E-state index in [-0.39, 0.29) is 11.1 Å². The lowest BCUT2D eigenvalue weighted by molar-refractivity contribution is 0.0697. The van der Waals surface area contributed by atoms with Gasteiger partial charge in [-0.05, 0) is 50.6 Å². The average Bonchev–Trinajstić information content (AvgIpc) is 3.35. The van der Waals surface area contributed by atoms with Gasteiger partial charge in [0, 0.05) is 11.3 Å². The average molecular weight is 312 g/mol. The molecule has 1 aliphatic carbocycles. The number of hydrogen-bond acceptors (Lipinski definition) is 4. The summed E-state index contributed by atoms with van der Waals surface area (Å²) in [6, 6.07) is 8.76. The number of hydrogen-bond donors (Lipinski definition) is 2. The Hall–Kier alpha value is -2.40. The number of aryl methyl sites for hydroxylation is 1. The molecule has 1 aromatic carbocycles. The van der Waals surface area contributed by atoms with Crippen LogP contribution in [0.4, 0.5) is 0 Å². The number of aromatic nitrogens is 1. The maximum absolute atomic E-state index is 10.9. The van der Waals surface area contributed by atoms with Crippen LogP contribution in [-0.2, 0) is 0 Å². The van der Waals surface area contributed by atoms with Crippen molar-refractivity contribution < 1.29 is 14.6 Å². The van der Waals surface area contributed by atoms with Crippen LogP contribution in [0.3, 0.4) is 0 Å². The Labute approximate surface area is 135 Å². The van der Waals surface area contributed by atoms with Gasteiger partial charge in [0.05, 0.1) is 17.3 Å². The molecule has 1 saturated carbocycles. The van der Waals surface area contributed by atoms with Gasteiger partial charge < -0.3 is 15.2 Å². The summed E-state index contributed by atoms with van der Waals surface area (Å²) < 4.78 is 5.88. The first-order chi connectivity index (χ1) is 11.0. The molecule has 0 aliphatic heterocycles. The first-order valence-electron chi connectivity index (χ1n) is 7.65. The number of carboxylic acids is 1. The highest BCUT2D eigenvalue weighted by Gasteiger charge is 2.41. The van der Waals surface area contributed by atoms with Crippen molar-refractivity contribution in [3.05, 3.63) is 47.8 Å². The Morgan fingerprint density at radius 2 is 2.04 bits per heavy atom. The number of pyridine rings is 1. The zero-order valence-electron chi connectivity index (χ0n) is 13.3. The zero-order valence-corrected chi connectivity index (χ0v) is 13.3. The fourth-order valence-corrected chi connectivity index (χ4v) is 2.52. The predicted molar refractivity (Wildman–Crippen MR) is 87.9 cm³/mol. The normalized spacial score (nSPS) is 15.2. The monoisotopic (exact) mass is 312 g/mol. The molecule has 5 heteroatoms. The van der Waals surface area contributed by atoms with Gasteiger partial charge in [-0.2, -0.15) is 0 Å². The lowest BCUT2D eigenvalue weighted by Gasteiger charge is -2.16. The summed E-state index contributed by atoms with van der Waals surface area (Å²) in [5, 5.41) is 12.3. The van der Waals surface area contributed by atoms with Crippen LogP contribution in [0, 0.1) is 6.92 Å². The molecule has 1 aromatic heterocycles. The van der Waals surface area contributed by atoms with Crippen LogP contribution < -0.4 is 10.1 Å². The molecule has 0 saturated heterocycles. The SMILES string of the molecule is CNC1(COc2cnc(C)c(-c3ccc(C(=O)O)cc3)c2)CC1. The maximum atomic E-state index is 10.9. The summed E-state index contributed by atoms with van der Waals surface area (Å²) in [7, 11) is 1.96. The van der Waals surface area contributed by atoms with E-state index in [4.69, 9.17) is 9.84 Å². The number of nitrogens with one attached hydrogen (secondary N) is 1. The van der Waals surface area contributed by atoms with E-state index in [0.29, 0.717) is 6.61 Å². The molecule has 3 rings (SSSR count). The standard InChI is InChI=1S/C18H20N2O3/c1-12-16(13-3-5-14(6-4-13)17(21)22)9-15(10-20-12)23-11-18(19-2)7-8-18/h3-6,9-10,19H,7-8,11H2,1-2H3,(H,21,22). The number of likely N-dealkylation sites (N-methyl/N-ethyl adjacent to an activating group) is 1. The summed E-state index contributed by atoms with van der Waals surface area (Å²) in [6.07, 6.45) is 3.99. The van der Waals surface area contributed by atoms with Gasteiger partial charge >= 0.3 is 5.97 Å². The molecule has 0 radical (unpaired) electrons. The van der Waals surface area contributed by atoms with Gasteiger partial charge in [-0.15, -0.1) is 0 Å². The molecular formula is C18H20N2O3. The van der Waals surface area contributed by atoms with Crippen LogP contribution in [0.1, 0.15) is 28.9 Å². The number of aromatic carboxylic acids is 1. The van der Waals surface area contributed by atoms with Gasteiger partial charge in [0.25, 0.3) is 0 Å². The van der Waals surface area contributed by atoms with E-state index >= 15 is 0 Å². The highest BCUT2D eigenvalue weighted by Crippen LogP contribution is 2.35. The maximum Gasteiger partial charge on any atom is 0.335 e. The number of ether oxygens (including phenoxy) is 1. The van der Waals surface area contributed by atoms with E-state index in [2.05, 4.69) is 10.3 Å². The van der Waals surface area contributed by atoms with Crippen LogP contribution in [0.2, 0.25) is 0 Å². The number of carbonyl (C=O) groups is 1. The summed E-state index contributed by atoms with van der Waals surface area (Å²) in [4.78, 5) is 15.3. The van der Waals surface area contributed by atoms with E-state index < -0.39 is 5.97 Å². The van der Waals surface area contributed by atoms with Crippen molar-refractivity contribution in [2.75, 3.05) is 13.7 Å². The van der Waals surface area contributed by atoms with Crippen molar-refractivity contribution in [3.8, 4) is 16.9 Å². The van der Waals surface area contributed by atoms with E-state index in [0.717, 1.165) is 35.4 Å². The van der Waals surface area contributed by atoms with Crippen molar-refractivity contribution in [1.82, 2.24) is 10.3 Å². The molecule has 0 amide bonds. The Balaban J connectivity index is 1.81. The number of benzene rings is 1. The second-order valence-corrected chi connectivity index (χ2v) is 6.01. The Kier molecular flexibility index (Phi) is 4.05. The Bertz CT molecular complexity index is 722. The number of carboxylic acid groups (broad SMARTS) is 1. The van der Waals surface area contributed by atoms with E-state index in [1.807, 2.05) is 20.0 Å². The van der Waals surface area contributed by atoms with Gasteiger partial charge in [0.1, 0.15) is 12.4 Å². The van der Waals surface area contributed by atoms with Crippen molar-refractivity contribution in [2.24, 2.45) is 0 Å². The second kappa shape index (κ2) is 6.01. The summed E-state index contributed by atoms with van der Waals surface area (Å²) >= 11 is 0. The van der Waals surface area contributed by atoms with Gasteiger partial charge in [0.2, 0.25) is 0 Å². The quantitative estimate of drug-likeness (QED) is 0.858. The third-order valence-electron chi connectivity index (χ3n) is 4.40. The van der Waals surface area contributed by atoms with Crippen LogP contribution in [-0.4, -0.2) is 35.3 Å². The molecule has 1 heterocycles. The van der Waals surface area contributed by atoms with Gasteiger partial charge in [-0.25, -0.2) is 4.79 Å². The second-order valence-electron chi connectivity index (χ2n) is 6.01. The highest BCUT2D eigenvalue weighted by molar-refractivity contribution is 5.88. The number of rotatable bonds is 6. The molecule has 0 spiro atoms. The van der Waals surface area contributed by atoms with Crippen molar-refractivity contribution >= 4 is 5.97 Å². The number of nitrogens with zero attached hydrogens (tertiary/aromatic N) is 1. The molecule has 2 N–H and O–H groups in total. The van der Waals surface area contributed by atoms with Crippen LogP contribution in [0.15, 0.2) is 36.5 Å². The zero-order chi connectivity index (χ0) is 16.4. The van der Waals surface area contributed by atoms with Gasteiger partial charge in [0.15, 0.2) is 0 Å². The lowest BCUT2D eigenvalue weighted by atomic mass is 10.0. The minimum atomic E-state index is -0.926. The topological polar surface area (TPSA) is 71.5 Å². The first-order valence-corrected chi connectivity index (χ1v) is 7.65. The first kappa shape index (κ1) is 15.5. The molecule has 0 atom stereocenters. The van der Waals surface area contributed by atoms with Crippen molar-refractivity contribution in [1.29, 1.82) is 0 Å². The molecule has 120 valence electrons. The van der Waals surface area contributed by atoms with E-state index in [9.17, 15) is 4.79 Å². The molecule has 0 bridgehead atoms. The molecule has 5 nitrogen and oxygen atoms in total. The molecule has 1 aliphatic rings. The molecule has 1 fully saturated rings. The molecular weight excluding hydrogens is 292 g/mol. The third-order valence-corrected chi connectivity index (χ3v) is 4.40.